The van der Waals surface area contributed by atoms with Crippen LogP contribution in [0.4, 0.5) is 15.8 Å². The first kappa shape index (κ1) is 17.1. The van der Waals surface area contributed by atoms with Gasteiger partial charge >= 0.3 is 0 Å². The molecule has 0 aromatic heterocycles. The maximum absolute atomic E-state index is 14.1. The van der Waals surface area contributed by atoms with Gasteiger partial charge in [-0.1, -0.05) is 12.1 Å². The highest BCUT2D eigenvalue weighted by Gasteiger charge is 2.38. The highest BCUT2D eigenvalue weighted by molar-refractivity contribution is 6.13. The largest absolute Gasteiger partial charge is 0.325 e. The summed E-state index contributed by atoms with van der Waals surface area (Å²) in [5, 5.41) is 2.80. The molecule has 0 radical (unpaired) electrons. The molecule has 4 nitrogen and oxygen atoms in total. The minimum atomic E-state index is -0.790. The number of aryl methyl sites for hydroxylation is 3. The van der Waals surface area contributed by atoms with E-state index in [1.807, 2.05) is 39.0 Å². The number of carbonyl (C=O) groups is 2. The lowest BCUT2D eigenvalue weighted by Crippen LogP contribution is -2.33. The predicted molar refractivity (Wildman–Crippen MR) is 96.1 cm³/mol. The average Bonchev–Trinajstić information content (AvgIpc) is 2.95. The fourth-order valence-electron chi connectivity index (χ4n) is 3.04. The van der Waals surface area contributed by atoms with E-state index >= 15 is 0 Å². The van der Waals surface area contributed by atoms with Gasteiger partial charge in [0.1, 0.15) is 11.7 Å². The van der Waals surface area contributed by atoms with Gasteiger partial charge in [0, 0.05) is 12.2 Å². The number of anilines is 2. The molecule has 0 bridgehead atoms. The molecule has 1 aliphatic rings. The summed E-state index contributed by atoms with van der Waals surface area (Å²) in [5.74, 6) is -1.94. The van der Waals surface area contributed by atoms with Crippen LogP contribution in [0.2, 0.25) is 0 Å². The molecule has 1 heterocycles. The van der Waals surface area contributed by atoms with E-state index in [4.69, 9.17) is 0 Å². The van der Waals surface area contributed by atoms with Crippen LogP contribution in [0.1, 0.15) is 23.1 Å². The van der Waals surface area contributed by atoms with Gasteiger partial charge in [-0.05, 0) is 68.1 Å². The average molecular weight is 340 g/mol. The van der Waals surface area contributed by atoms with Gasteiger partial charge in [-0.15, -0.1) is 0 Å². The van der Waals surface area contributed by atoms with Gasteiger partial charge in [0.15, 0.2) is 0 Å². The van der Waals surface area contributed by atoms with Gasteiger partial charge in [-0.3, -0.25) is 9.59 Å². The number of rotatable bonds is 3. The summed E-state index contributed by atoms with van der Waals surface area (Å²) in [6.45, 7) is 6.14. The zero-order valence-corrected chi connectivity index (χ0v) is 14.6. The van der Waals surface area contributed by atoms with Crippen LogP contribution in [-0.4, -0.2) is 18.4 Å². The van der Waals surface area contributed by atoms with Crippen LogP contribution in [0.3, 0.4) is 0 Å². The van der Waals surface area contributed by atoms with Gasteiger partial charge in [0.05, 0.1) is 5.69 Å². The topological polar surface area (TPSA) is 49.4 Å². The Morgan fingerprint density at radius 3 is 2.60 bits per heavy atom. The van der Waals surface area contributed by atoms with Crippen LogP contribution >= 0.6 is 0 Å². The predicted octanol–water partition coefficient (Wildman–Crippen LogP) is 3.74. The van der Waals surface area contributed by atoms with Crippen LogP contribution in [0.25, 0.3) is 0 Å². The normalized spacial score (nSPS) is 17.0. The lowest BCUT2D eigenvalue weighted by Gasteiger charge is -2.18. The van der Waals surface area contributed by atoms with Crippen molar-refractivity contribution in [1.82, 2.24) is 0 Å². The Labute approximate surface area is 146 Å². The highest BCUT2D eigenvalue weighted by Crippen LogP contribution is 2.29. The number of nitrogens with zero attached hydrogens (tertiary/aromatic N) is 1. The van der Waals surface area contributed by atoms with Gasteiger partial charge in [0.25, 0.3) is 0 Å². The molecule has 3 rings (SSSR count). The first-order valence-electron chi connectivity index (χ1n) is 8.32. The van der Waals surface area contributed by atoms with Crippen molar-refractivity contribution < 1.29 is 14.0 Å². The van der Waals surface area contributed by atoms with E-state index in [9.17, 15) is 14.0 Å². The third-order valence-corrected chi connectivity index (χ3v) is 4.69. The summed E-state index contributed by atoms with van der Waals surface area (Å²) in [6, 6.07) is 10.3. The Morgan fingerprint density at radius 1 is 1.12 bits per heavy atom. The Hall–Kier alpha value is -2.69. The highest BCUT2D eigenvalue weighted by atomic mass is 19.1. The number of amides is 2. The molecule has 0 aliphatic carbocycles. The Bertz CT molecular complexity index is 848. The third-order valence-electron chi connectivity index (χ3n) is 4.69. The summed E-state index contributed by atoms with van der Waals surface area (Å²) in [7, 11) is 0. The maximum Gasteiger partial charge on any atom is 0.239 e. The lowest BCUT2D eigenvalue weighted by molar-refractivity contribution is -0.129. The number of carbonyl (C=O) groups excluding carboxylic acids is 2. The van der Waals surface area contributed by atoms with E-state index < -0.39 is 11.7 Å². The fourth-order valence-corrected chi connectivity index (χ4v) is 3.04. The standard InChI is InChI=1S/C20H21FN2O2/c1-12-4-7-17(21)18(10-12)23-9-8-16(20(23)25)19(24)22-15-6-5-13(2)14(3)11-15/h4-7,10-11,16H,8-9H2,1-3H3,(H,22,24). The Morgan fingerprint density at radius 2 is 1.88 bits per heavy atom. The molecule has 1 N–H and O–H groups in total. The minimum Gasteiger partial charge on any atom is -0.325 e. The van der Waals surface area contributed by atoms with Gasteiger partial charge in [0.2, 0.25) is 11.8 Å². The van der Waals surface area contributed by atoms with E-state index in [1.54, 1.807) is 12.1 Å². The van der Waals surface area contributed by atoms with Crippen molar-refractivity contribution in [3.63, 3.8) is 0 Å². The van der Waals surface area contributed by atoms with Crippen molar-refractivity contribution in [3.05, 3.63) is 58.9 Å². The zero-order chi connectivity index (χ0) is 18.1. The van der Waals surface area contributed by atoms with Crippen molar-refractivity contribution in [3.8, 4) is 0 Å². The van der Waals surface area contributed by atoms with Crippen LogP contribution in [0.15, 0.2) is 36.4 Å². The molecule has 2 aromatic carbocycles. The minimum absolute atomic E-state index is 0.242. The third kappa shape index (κ3) is 3.40. The summed E-state index contributed by atoms with van der Waals surface area (Å²) < 4.78 is 14.1. The van der Waals surface area contributed by atoms with E-state index in [-0.39, 0.29) is 17.5 Å². The number of hydrogen-bond acceptors (Lipinski definition) is 2. The molecule has 2 aromatic rings. The Balaban J connectivity index is 1.76. The first-order valence-corrected chi connectivity index (χ1v) is 8.32. The monoisotopic (exact) mass is 340 g/mol. The summed E-state index contributed by atoms with van der Waals surface area (Å²) >= 11 is 0. The van der Waals surface area contributed by atoms with Crippen molar-refractivity contribution in [2.24, 2.45) is 5.92 Å². The van der Waals surface area contributed by atoms with E-state index in [0.29, 0.717) is 18.7 Å². The molecule has 2 amide bonds. The van der Waals surface area contributed by atoms with Crippen LogP contribution in [0.5, 0.6) is 0 Å². The summed E-state index contributed by atoms with van der Waals surface area (Å²) in [5.41, 5.74) is 3.98. The number of benzene rings is 2. The summed E-state index contributed by atoms with van der Waals surface area (Å²) in [6.07, 6.45) is 0.378. The SMILES string of the molecule is Cc1ccc(F)c(N2CCC(C(=O)Nc3ccc(C)c(C)c3)C2=O)c1. The van der Waals surface area contributed by atoms with Crippen LogP contribution in [-0.2, 0) is 9.59 Å². The van der Waals surface area contributed by atoms with Crippen molar-refractivity contribution in [1.29, 1.82) is 0 Å². The molecule has 0 saturated carbocycles. The molecular weight excluding hydrogens is 319 g/mol. The maximum atomic E-state index is 14.1. The molecule has 25 heavy (non-hydrogen) atoms. The second-order valence-electron chi connectivity index (χ2n) is 6.57. The van der Waals surface area contributed by atoms with Crippen LogP contribution in [0, 0.1) is 32.5 Å². The Kier molecular flexibility index (Phi) is 4.57. The van der Waals surface area contributed by atoms with E-state index in [2.05, 4.69) is 5.32 Å². The molecule has 1 atom stereocenters. The molecule has 130 valence electrons. The number of halogens is 1. The molecule has 1 saturated heterocycles. The van der Waals surface area contributed by atoms with Crippen molar-refractivity contribution in [2.75, 3.05) is 16.8 Å². The fraction of sp³-hybridized carbons (Fsp3) is 0.300. The van der Waals surface area contributed by atoms with Gasteiger partial charge < -0.3 is 10.2 Å². The molecule has 1 unspecified atom stereocenters. The molecule has 1 fully saturated rings. The zero-order valence-electron chi connectivity index (χ0n) is 14.6. The smallest absolute Gasteiger partial charge is 0.239 e. The van der Waals surface area contributed by atoms with Gasteiger partial charge in [-0.25, -0.2) is 4.39 Å². The summed E-state index contributed by atoms with van der Waals surface area (Å²) in [4.78, 5) is 26.5. The molecule has 0 spiro atoms. The second kappa shape index (κ2) is 6.67. The van der Waals surface area contributed by atoms with Crippen molar-refractivity contribution >= 4 is 23.2 Å². The second-order valence-corrected chi connectivity index (χ2v) is 6.57. The lowest BCUT2D eigenvalue weighted by atomic mass is 10.1. The van der Waals surface area contributed by atoms with Gasteiger partial charge in [-0.2, -0.15) is 0 Å². The van der Waals surface area contributed by atoms with Crippen molar-refractivity contribution in [2.45, 2.75) is 27.2 Å². The van der Waals surface area contributed by atoms with E-state index in [1.165, 1.54) is 11.0 Å². The molecule has 1 aliphatic heterocycles. The number of nitrogens with one attached hydrogen (secondary N) is 1. The quantitative estimate of drug-likeness (QED) is 0.865. The molecule has 5 heteroatoms. The first-order chi connectivity index (χ1) is 11.9. The molecular formula is C20H21FN2O2. The van der Waals surface area contributed by atoms with E-state index in [0.717, 1.165) is 16.7 Å². The number of hydrogen-bond donors (Lipinski definition) is 1. The van der Waals surface area contributed by atoms with Crippen LogP contribution < -0.4 is 10.2 Å².